The first-order valence-electron chi connectivity index (χ1n) is 9.40. The van der Waals surface area contributed by atoms with Gasteiger partial charge in [0.25, 0.3) is 5.91 Å². The Morgan fingerprint density at radius 3 is 2.70 bits per heavy atom. The summed E-state index contributed by atoms with van der Waals surface area (Å²) >= 11 is 7.47. The lowest BCUT2D eigenvalue weighted by molar-refractivity contribution is -0.128. The average Bonchev–Trinajstić information content (AvgIpc) is 3.35. The molecule has 0 atom stereocenters. The second-order valence-electron chi connectivity index (χ2n) is 6.25. The van der Waals surface area contributed by atoms with Gasteiger partial charge in [0.2, 0.25) is 5.91 Å². The molecule has 2 heterocycles. The quantitative estimate of drug-likeness (QED) is 0.592. The van der Waals surface area contributed by atoms with Gasteiger partial charge in [0.05, 0.1) is 29.8 Å². The number of benzene rings is 1. The fourth-order valence-corrected chi connectivity index (χ4v) is 4.08. The topological polar surface area (TPSA) is 75.4 Å². The molecule has 0 fully saturated rings. The van der Waals surface area contributed by atoms with Crippen LogP contribution in [0.3, 0.4) is 0 Å². The number of halogens is 1. The molecule has 0 N–H and O–H groups in total. The van der Waals surface area contributed by atoms with Crippen LogP contribution in [0.4, 0.5) is 5.69 Å². The fraction of sp³-hybridized carbons (Fsp3) is 0.286. The number of rotatable bonds is 7. The van der Waals surface area contributed by atoms with Gasteiger partial charge in [-0.2, -0.15) is 0 Å². The molecule has 0 spiro atoms. The summed E-state index contributed by atoms with van der Waals surface area (Å²) in [5.74, 6) is 0.839. The maximum atomic E-state index is 13.1. The van der Waals surface area contributed by atoms with E-state index in [1.807, 2.05) is 13.8 Å². The highest BCUT2D eigenvalue weighted by atomic mass is 35.5. The number of hydrogen-bond donors (Lipinski definition) is 0. The largest absolute Gasteiger partial charge is 0.495 e. The minimum absolute atomic E-state index is 0.0173. The molecule has 0 unspecified atom stereocenters. The molecule has 30 heavy (non-hydrogen) atoms. The lowest BCUT2D eigenvalue weighted by Gasteiger charge is -2.21. The lowest BCUT2D eigenvalue weighted by Crippen LogP contribution is -2.34. The molecule has 0 bridgehead atoms. The number of thioether (sulfide) groups is 1. The summed E-state index contributed by atoms with van der Waals surface area (Å²) < 4.78 is 10.5. The monoisotopic (exact) mass is 447 g/mol. The summed E-state index contributed by atoms with van der Waals surface area (Å²) in [5, 5.41) is 0.773. The lowest BCUT2D eigenvalue weighted by atomic mass is 10.2. The Bertz CT molecular complexity index is 984. The molecule has 1 aliphatic rings. The third kappa shape index (κ3) is 4.71. The molecule has 7 nitrogen and oxygen atoms in total. The fourth-order valence-electron chi connectivity index (χ4n) is 2.92. The van der Waals surface area contributed by atoms with Crippen LogP contribution in [0.2, 0.25) is 5.02 Å². The Labute approximate surface area is 184 Å². The average molecular weight is 448 g/mol. The number of ether oxygens (including phenoxy) is 1. The molecule has 158 valence electrons. The molecule has 3 rings (SSSR count). The van der Waals surface area contributed by atoms with Crippen LogP contribution >= 0.6 is 23.4 Å². The second-order valence-corrected chi connectivity index (χ2v) is 7.60. The van der Waals surface area contributed by atoms with E-state index in [2.05, 4.69) is 4.99 Å². The zero-order chi connectivity index (χ0) is 21.7. The molecular formula is C21H22ClN3O4S. The van der Waals surface area contributed by atoms with Crippen LogP contribution in [0.1, 0.15) is 19.6 Å². The van der Waals surface area contributed by atoms with Crippen molar-refractivity contribution in [1.82, 2.24) is 4.90 Å². The van der Waals surface area contributed by atoms with E-state index in [0.717, 1.165) is 0 Å². The summed E-state index contributed by atoms with van der Waals surface area (Å²) in [4.78, 5) is 33.2. The third-order valence-electron chi connectivity index (χ3n) is 4.49. The van der Waals surface area contributed by atoms with Crippen LogP contribution in [0.15, 0.2) is 51.7 Å². The van der Waals surface area contributed by atoms with Crippen molar-refractivity contribution in [2.24, 2.45) is 4.99 Å². The summed E-state index contributed by atoms with van der Waals surface area (Å²) in [5.41, 5.74) is 0.755. The smallest absolute Gasteiger partial charge is 0.283 e. The Hall–Kier alpha value is -2.71. The Kier molecular flexibility index (Phi) is 7.23. The van der Waals surface area contributed by atoms with E-state index in [0.29, 0.717) is 40.5 Å². The van der Waals surface area contributed by atoms with Gasteiger partial charge in [-0.25, -0.2) is 4.99 Å². The number of furan rings is 1. The Morgan fingerprint density at radius 2 is 2.10 bits per heavy atom. The van der Waals surface area contributed by atoms with Crippen molar-refractivity contribution in [2.75, 3.05) is 30.9 Å². The van der Waals surface area contributed by atoms with Gasteiger partial charge < -0.3 is 14.1 Å². The Balaban J connectivity index is 1.92. The molecule has 2 aromatic rings. The maximum Gasteiger partial charge on any atom is 0.283 e. The van der Waals surface area contributed by atoms with Gasteiger partial charge >= 0.3 is 0 Å². The summed E-state index contributed by atoms with van der Waals surface area (Å²) in [6.45, 7) is 5.11. The molecule has 1 aliphatic heterocycles. The highest BCUT2D eigenvalue weighted by molar-refractivity contribution is 8.14. The predicted molar refractivity (Wildman–Crippen MR) is 120 cm³/mol. The van der Waals surface area contributed by atoms with Crippen LogP contribution in [0, 0.1) is 0 Å². The molecule has 0 saturated heterocycles. The number of carbonyl (C=O) groups excluding carboxylic acids is 2. The molecule has 0 radical (unpaired) electrons. The van der Waals surface area contributed by atoms with Crippen molar-refractivity contribution in [2.45, 2.75) is 13.8 Å². The molecule has 1 aromatic carbocycles. The summed E-state index contributed by atoms with van der Waals surface area (Å²) in [6.07, 6.45) is 3.09. The van der Waals surface area contributed by atoms with Crippen molar-refractivity contribution >= 4 is 52.1 Å². The zero-order valence-corrected chi connectivity index (χ0v) is 18.5. The van der Waals surface area contributed by atoms with E-state index in [9.17, 15) is 9.59 Å². The van der Waals surface area contributed by atoms with E-state index >= 15 is 0 Å². The van der Waals surface area contributed by atoms with Crippen molar-refractivity contribution in [1.29, 1.82) is 0 Å². The van der Waals surface area contributed by atoms with E-state index < -0.39 is 0 Å². The van der Waals surface area contributed by atoms with Gasteiger partial charge in [-0.3, -0.25) is 14.5 Å². The number of hydrogen-bond acceptors (Lipinski definition) is 6. The van der Waals surface area contributed by atoms with Crippen LogP contribution in [0.25, 0.3) is 6.08 Å². The van der Waals surface area contributed by atoms with E-state index in [1.165, 1.54) is 30.0 Å². The minimum Gasteiger partial charge on any atom is -0.495 e. The first kappa shape index (κ1) is 22.0. The van der Waals surface area contributed by atoms with Crippen LogP contribution in [-0.4, -0.2) is 47.8 Å². The number of anilines is 1. The standard InChI is InChI=1S/C21H22ClN3O4S/c1-4-24(5-2)19(26)13-30-21-23-17(12-15-7-6-10-29-15)20(27)25(21)14-8-9-18(28-3)16(22)11-14/h6-12H,4-5,13H2,1-3H3/b17-12+. The van der Waals surface area contributed by atoms with E-state index in [4.69, 9.17) is 20.8 Å². The van der Waals surface area contributed by atoms with Gasteiger partial charge in [-0.15, -0.1) is 0 Å². The highest BCUT2D eigenvalue weighted by Crippen LogP contribution is 2.34. The number of methoxy groups -OCH3 is 1. The summed E-state index contributed by atoms with van der Waals surface area (Å²) in [7, 11) is 1.52. The highest BCUT2D eigenvalue weighted by Gasteiger charge is 2.33. The first-order valence-corrected chi connectivity index (χ1v) is 10.8. The first-order chi connectivity index (χ1) is 14.5. The normalized spacial score (nSPS) is 14.9. The van der Waals surface area contributed by atoms with Crippen molar-refractivity contribution in [3.8, 4) is 5.75 Å². The molecular weight excluding hydrogens is 426 g/mol. The van der Waals surface area contributed by atoms with Gasteiger partial charge in [-0.05, 0) is 44.2 Å². The van der Waals surface area contributed by atoms with Gasteiger partial charge in [0, 0.05) is 19.2 Å². The van der Waals surface area contributed by atoms with Crippen LogP contribution in [-0.2, 0) is 9.59 Å². The number of carbonyl (C=O) groups is 2. The van der Waals surface area contributed by atoms with Gasteiger partial charge in [-0.1, -0.05) is 23.4 Å². The third-order valence-corrected chi connectivity index (χ3v) is 5.70. The number of aliphatic imine (C=N–C) groups is 1. The molecule has 9 heteroatoms. The second kappa shape index (κ2) is 9.86. The maximum absolute atomic E-state index is 13.1. The molecule has 2 amide bonds. The van der Waals surface area contributed by atoms with Crippen molar-refractivity contribution in [3.63, 3.8) is 0 Å². The van der Waals surface area contributed by atoms with Crippen LogP contribution in [0.5, 0.6) is 5.75 Å². The van der Waals surface area contributed by atoms with E-state index in [1.54, 1.807) is 41.3 Å². The van der Waals surface area contributed by atoms with Crippen LogP contribution < -0.4 is 9.64 Å². The summed E-state index contributed by atoms with van der Waals surface area (Å²) in [6, 6.07) is 8.51. The van der Waals surface area contributed by atoms with Crippen molar-refractivity contribution in [3.05, 3.63) is 53.1 Å². The molecule has 1 aromatic heterocycles. The number of nitrogens with zero attached hydrogens (tertiary/aromatic N) is 3. The minimum atomic E-state index is -0.328. The molecule has 0 saturated carbocycles. The zero-order valence-electron chi connectivity index (χ0n) is 16.9. The van der Waals surface area contributed by atoms with Gasteiger partial charge in [0.15, 0.2) is 5.17 Å². The number of amides is 2. The van der Waals surface area contributed by atoms with E-state index in [-0.39, 0.29) is 23.3 Å². The molecule has 0 aliphatic carbocycles. The predicted octanol–water partition coefficient (Wildman–Crippen LogP) is 4.29. The number of amidine groups is 1. The SMILES string of the molecule is CCN(CC)C(=O)CSC1=N/C(=C/c2ccco2)C(=O)N1c1ccc(OC)c(Cl)c1. The van der Waals surface area contributed by atoms with Crippen molar-refractivity contribution < 1.29 is 18.7 Å². The van der Waals surface area contributed by atoms with Gasteiger partial charge in [0.1, 0.15) is 17.2 Å². The Morgan fingerprint density at radius 1 is 1.33 bits per heavy atom.